The molecular weight excluding hydrogens is 441 g/mol. The van der Waals surface area contributed by atoms with E-state index in [1.807, 2.05) is 0 Å². The third-order valence-electron chi connectivity index (χ3n) is 5.05. The summed E-state index contributed by atoms with van der Waals surface area (Å²) in [6.07, 6.45) is -4.33. The van der Waals surface area contributed by atoms with Gasteiger partial charge in [0.25, 0.3) is 0 Å². The zero-order valence-electron chi connectivity index (χ0n) is 15.8. The Kier molecular flexibility index (Phi) is 6.74. The first-order chi connectivity index (χ1) is 14.1. The highest BCUT2D eigenvalue weighted by Gasteiger charge is 2.40. The summed E-state index contributed by atoms with van der Waals surface area (Å²) in [5.74, 6) is -0.653. The second kappa shape index (κ2) is 8.95. The van der Waals surface area contributed by atoms with Gasteiger partial charge in [-0.1, -0.05) is 41.9 Å². The Bertz CT molecular complexity index is 1020. The molecule has 1 fully saturated rings. The van der Waals surface area contributed by atoms with Crippen LogP contribution in [0.5, 0.6) is 0 Å². The van der Waals surface area contributed by atoms with E-state index in [9.17, 15) is 26.4 Å². The van der Waals surface area contributed by atoms with Crippen molar-refractivity contribution >= 4 is 27.5 Å². The number of sulfonamides is 1. The van der Waals surface area contributed by atoms with Gasteiger partial charge in [-0.15, -0.1) is 0 Å². The normalized spacial score (nSPS) is 16.4. The van der Waals surface area contributed by atoms with Gasteiger partial charge in [-0.2, -0.15) is 17.5 Å². The molecule has 0 bridgehead atoms. The maximum Gasteiger partial charge on any atom is 0.417 e. The number of alkyl halides is 3. The number of benzene rings is 2. The molecule has 10 heteroatoms. The molecule has 3 rings (SSSR count). The standard InChI is InChI=1S/C20H20ClF3N2O3S/c21-17-7-3-1-5-15(17)13-25-19(27)14-9-11-26(12-10-14)30(28,29)18-8-4-2-6-16(18)20(22,23)24/h1-8,14H,9-13H2,(H,25,27). The van der Waals surface area contributed by atoms with Crippen LogP contribution in [0, 0.1) is 5.92 Å². The lowest BCUT2D eigenvalue weighted by atomic mass is 9.97. The third-order valence-corrected chi connectivity index (χ3v) is 7.37. The van der Waals surface area contributed by atoms with Crippen LogP contribution in [0.1, 0.15) is 24.0 Å². The molecule has 30 heavy (non-hydrogen) atoms. The van der Waals surface area contributed by atoms with Gasteiger partial charge in [0.05, 0.1) is 10.5 Å². The first-order valence-corrected chi connectivity index (χ1v) is 11.1. The first-order valence-electron chi connectivity index (χ1n) is 9.28. The Labute approximate surface area is 177 Å². The van der Waals surface area contributed by atoms with Crippen LogP contribution in [-0.4, -0.2) is 31.7 Å². The Morgan fingerprint density at radius 2 is 1.67 bits per heavy atom. The van der Waals surface area contributed by atoms with Crippen molar-refractivity contribution in [2.75, 3.05) is 13.1 Å². The highest BCUT2D eigenvalue weighted by atomic mass is 35.5. The highest BCUT2D eigenvalue weighted by Crippen LogP contribution is 2.36. The minimum Gasteiger partial charge on any atom is -0.352 e. The fourth-order valence-corrected chi connectivity index (χ4v) is 5.28. The van der Waals surface area contributed by atoms with Crippen molar-refractivity contribution in [3.05, 3.63) is 64.7 Å². The van der Waals surface area contributed by atoms with Crippen LogP contribution in [0.4, 0.5) is 13.2 Å². The van der Waals surface area contributed by atoms with E-state index >= 15 is 0 Å². The largest absolute Gasteiger partial charge is 0.417 e. The van der Waals surface area contributed by atoms with Gasteiger partial charge < -0.3 is 5.32 Å². The average Bonchev–Trinajstić information content (AvgIpc) is 2.72. The van der Waals surface area contributed by atoms with Gasteiger partial charge >= 0.3 is 6.18 Å². The van der Waals surface area contributed by atoms with Crippen LogP contribution in [0.25, 0.3) is 0 Å². The van der Waals surface area contributed by atoms with Crippen LogP contribution in [0.3, 0.4) is 0 Å². The van der Waals surface area contributed by atoms with E-state index in [1.54, 1.807) is 24.3 Å². The van der Waals surface area contributed by atoms with Crippen LogP contribution in [0.15, 0.2) is 53.4 Å². The number of piperidine rings is 1. The zero-order valence-corrected chi connectivity index (χ0v) is 17.4. The van der Waals surface area contributed by atoms with Crippen LogP contribution in [0.2, 0.25) is 5.02 Å². The van der Waals surface area contributed by atoms with E-state index in [1.165, 1.54) is 6.07 Å². The molecule has 1 heterocycles. The Hall–Kier alpha value is -2.10. The summed E-state index contributed by atoms with van der Waals surface area (Å²) in [5.41, 5.74) is -0.430. The maximum absolute atomic E-state index is 13.2. The number of amides is 1. The van der Waals surface area contributed by atoms with E-state index in [0.717, 1.165) is 28.1 Å². The summed E-state index contributed by atoms with van der Waals surface area (Å²) in [6.45, 7) is 0.188. The number of rotatable bonds is 5. The molecule has 0 unspecified atom stereocenters. The van der Waals surface area contributed by atoms with Gasteiger partial charge in [0, 0.05) is 30.6 Å². The Morgan fingerprint density at radius 3 is 2.30 bits per heavy atom. The van der Waals surface area contributed by atoms with Crippen LogP contribution in [-0.2, 0) is 27.5 Å². The fraction of sp³-hybridized carbons (Fsp3) is 0.350. The molecule has 2 aromatic carbocycles. The minimum atomic E-state index is -4.78. The predicted octanol–water partition coefficient (Wildman–Crippen LogP) is 4.08. The van der Waals surface area contributed by atoms with Gasteiger partial charge in [0.2, 0.25) is 15.9 Å². The van der Waals surface area contributed by atoms with Crippen molar-refractivity contribution < 1.29 is 26.4 Å². The van der Waals surface area contributed by atoms with E-state index in [4.69, 9.17) is 11.6 Å². The SMILES string of the molecule is O=C(NCc1ccccc1Cl)C1CCN(S(=O)(=O)c2ccccc2C(F)(F)F)CC1. The number of halogens is 4. The summed E-state index contributed by atoms with van der Waals surface area (Å²) < 4.78 is 66.3. The first kappa shape index (κ1) is 22.6. The van der Waals surface area contributed by atoms with Crippen molar-refractivity contribution in [1.29, 1.82) is 0 Å². The maximum atomic E-state index is 13.2. The molecule has 0 aliphatic carbocycles. The second-order valence-electron chi connectivity index (χ2n) is 6.98. The molecule has 1 aliphatic heterocycles. The Morgan fingerprint density at radius 1 is 1.07 bits per heavy atom. The van der Waals surface area contributed by atoms with Gasteiger partial charge in [0.15, 0.2) is 0 Å². The van der Waals surface area contributed by atoms with E-state index in [-0.39, 0.29) is 38.4 Å². The molecule has 0 aromatic heterocycles. The average molecular weight is 461 g/mol. The molecule has 1 N–H and O–H groups in total. The number of nitrogens with zero attached hydrogens (tertiary/aromatic N) is 1. The molecule has 0 atom stereocenters. The van der Waals surface area contributed by atoms with Crippen LogP contribution >= 0.6 is 11.6 Å². The van der Waals surface area contributed by atoms with Gasteiger partial charge in [-0.25, -0.2) is 8.42 Å². The minimum absolute atomic E-state index is 0.0291. The van der Waals surface area contributed by atoms with Crippen molar-refractivity contribution in [3.63, 3.8) is 0 Å². The highest BCUT2D eigenvalue weighted by molar-refractivity contribution is 7.89. The smallest absolute Gasteiger partial charge is 0.352 e. The molecule has 0 spiro atoms. The second-order valence-corrected chi connectivity index (χ2v) is 9.30. The lowest BCUT2D eigenvalue weighted by Crippen LogP contribution is -2.43. The van der Waals surface area contributed by atoms with E-state index < -0.39 is 32.6 Å². The number of hydrogen-bond donors (Lipinski definition) is 1. The molecule has 2 aromatic rings. The summed E-state index contributed by atoms with van der Waals surface area (Å²) in [4.78, 5) is 11.7. The van der Waals surface area contributed by atoms with E-state index in [2.05, 4.69) is 5.32 Å². The van der Waals surface area contributed by atoms with Crippen LogP contribution < -0.4 is 5.32 Å². The molecule has 5 nitrogen and oxygen atoms in total. The predicted molar refractivity (Wildman–Crippen MR) is 106 cm³/mol. The number of carbonyl (C=O) groups excluding carboxylic acids is 1. The number of hydrogen-bond acceptors (Lipinski definition) is 3. The van der Waals surface area contributed by atoms with Crippen molar-refractivity contribution in [1.82, 2.24) is 9.62 Å². The molecule has 162 valence electrons. The summed E-state index contributed by atoms with van der Waals surface area (Å²) in [6, 6.07) is 11.2. The molecule has 0 radical (unpaired) electrons. The topological polar surface area (TPSA) is 66.5 Å². The van der Waals surface area contributed by atoms with Crippen molar-refractivity contribution in [2.45, 2.75) is 30.5 Å². The van der Waals surface area contributed by atoms with Crippen molar-refractivity contribution in [3.8, 4) is 0 Å². The molecule has 1 saturated heterocycles. The lowest BCUT2D eigenvalue weighted by molar-refractivity contribution is -0.139. The van der Waals surface area contributed by atoms with Gasteiger partial charge in [-0.05, 0) is 36.6 Å². The molecule has 1 amide bonds. The Balaban J connectivity index is 1.64. The monoisotopic (exact) mass is 460 g/mol. The molecule has 0 saturated carbocycles. The van der Waals surface area contributed by atoms with E-state index in [0.29, 0.717) is 5.02 Å². The summed E-state index contributed by atoms with van der Waals surface area (Å²) in [5, 5.41) is 3.31. The fourth-order valence-electron chi connectivity index (χ4n) is 3.39. The third kappa shape index (κ3) is 4.96. The number of nitrogens with one attached hydrogen (secondary N) is 1. The molecular formula is C20H20ClF3N2O3S. The molecule has 1 aliphatic rings. The van der Waals surface area contributed by atoms with Crippen molar-refractivity contribution in [2.24, 2.45) is 5.92 Å². The lowest BCUT2D eigenvalue weighted by Gasteiger charge is -2.31. The summed E-state index contributed by atoms with van der Waals surface area (Å²) in [7, 11) is -4.32. The van der Waals surface area contributed by atoms with Gasteiger partial charge in [-0.3, -0.25) is 4.79 Å². The zero-order chi connectivity index (χ0) is 21.9. The quantitative estimate of drug-likeness (QED) is 0.731. The number of carbonyl (C=O) groups is 1. The van der Waals surface area contributed by atoms with Gasteiger partial charge in [0.1, 0.15) is 0 Å². The summed E-state index contributed by atoms with van der Waals surface area (Å²) >= 11 is 6.06.